The van der Waals surface area contributed by atoms with Gasteiger partial charge in [-0.05, 0) is 25.1 Å². The van der Waals surface area contributed by atoms with E-state index in [0.29, 0.717) is 11.3 Å². The molecule has 0 spiro atoms. The number of rotatable bonds is 3. The molecule has 18 heavy (non-hydrogen) atoms. The molecule has 92 valence electrons. The number of ether oxygens (including phenoxy) is 1. The lowest BCUT2D eigenvalue weighted by Gasteiger charge is -2.11. The van der Waals surface area contributed by atoms with Crippen molar-refractivity contribution in [1.82, 2.24) is 4.98 Å². The summed E-state index contributed by atoms with van der Waals surface area (Å²) in [6, 6.07) is 7.34. The van der Waals surface area contributed by atoms with Gasteiger partial charge in [0.2, 0.25) is 0 Å². The molecule has 0 aliphatic carbocycles. The van der Waals surface area contributed by atoms with Crippen molar-refractivity contribution in [3.8, 4) is 16.9 Å². The molecule has 1 aromatic carbocycles. The Morgan fingerprint density at radius 1 is 1.28 bits per heavy atom. The van der Waals surface area contributed by atoms with Gasteiger partial charge in [-0.3, -0.25) is 4.98 Å². The predicted octanol–water partition coefficient (Wildman–Crippen LogP) is 2.76. The van der Waals surface area contributed by atoms with Crippen LogP contribution in [0.5, 0.6) is 5.75 Å². The summed E-state index contributed by atoms with van der Waals surface area (Å²) in [6.07, 6.45) is 2.92. The Kier molecular flexibility index (Phi) is 3.28. The Labute approximate surface area is 105 Å². The number of nitrogens with zero attached hydrogens (tertiary/aromatic N) is 1. The summed E-state index contributed by atoms with van der Waals surface area (Å²) in [6.45, 7) is 1.95. The minimum atomic E-state index is -0.998. The van der Waals surface area contributed by atoms with E-state index in [0.717, 1.165) is 11.1 Å². The van der Waals surface area contributed by atoms with Crippen LogP contribution in [0.4, 0.5) is 0 Å². The van der Waals surface area contributed by atoms with Gasteiger partial charge in [0.25, 0.3) is 0 Å². The normalized spacial score (nSPS) is 10.1. The van der Waals surface area contributed by atoms with E-state index < -0.39 is 5.97 Å². The lowest BCUT2D eigenvalue weighted by atomic mass is 9.99. The molecule has 0 aliphatic rings. The highest BCUT2D eigenvalue weighted by molar-refractivity contribution is 5.96. The number of aromatic nitrogens is 1. The number of hydrogen-bond donors (Lipinski definition) is 1. The average molecular weight is 243 g/mol. The van der Waals surface area contributed by atoms with E-state index in [2.05, 4.69) is 4.98 Å². The van der Waals surface area contributed by atoms with Crippen LogP contribution in [0.15, 0.2) is 36.7 Å². The molecule has 2 aromatic rings. The van der Waals surface area contributed by atoms with Gasteiger partial charge in [0.05, 0.1) is 12.7 Å². The number of methoxy groups -OCH3 is 1. The number of benzene rings is 1. The second-order valence-corrected chi connectivity index (χ2v) is 3.93. The number of pyridine rings is 1. The molecule has 0 atom stereocenters. The van der Waals surface area contributed by atoms with Crippen LogP contribution in [0, 0.1) is 6.92 Å². The summed E-state index contributed by atoms with van der Waals surface area (Å²) in [4.78, 5) is 15.0. The highest BCUT2D eigenvalue weighted by atomic mass is 16.5. The number of carboxylic acid groups (broad SMARTS) is 1. The fraction of sp³-hybridized carbons (Fsp3) is 0.143. The van der Waals surface area contributed by atoms with Gasteiger partial charge in [-0.2, -0.15) is 0 Å². The van der Waals surface area contributed by atoms with E-state index in [-0.39, 0.29) is 5.56 Å². The molecule has 0 unspecified atom stereocenters. The maximum atomic E-state index is 11.2. The summed E-state index contributed by atoms with van der Waals surface area (Å²) >= 11 is 0. The van der Waals surface area contributed by atoms with Crippen LogP contribution in [0.1, 0.15) is 15.9 Å². The Morgan fingerprint density at radius 3 is 2.72 bits per heavy atom. The zero-order chi connectivity index (χ0) is 13.1. The largest absolute Gasteiger partial charge is 0.496 e. The molecule has 0 saturated carbocycles. The van der Waals surface area contributed by atoms with Gasteiger partial charge in [0, 0.05) is 23.5 Å². The standard InChI is InChI=1S/C14H13NO3/c1-9-3-4-13(18-2)11(7-9)10-5-6-15-8-12(10)14(16)17/h3-8H,1-2H3,(H,16,17). The lowest BCUT2D eigenvalue weighted by molar-refractivity contribution is 0.0697. The highest BCUT2D eigenvalue weighted by Gasteiger charge is 2.15. The highest BCUT2D eigenvalue weighted by Crippen LogP contribution is 2.32. The van der Waals surface area contributed by atoms with E-state index in [4.69, 9.17) is 4.74 Å². The van der Waals surface area contributed by atoms with Gasteiger partial charge in [-0.1, -0.05) is 11.6 Å². The number of aryl methyl sites for hydroxylation is 1. The van der Waals surface area contributed by atoms with Crippen molar-refractivity contribution in [1.29, 1.82) is 0 Å². The smallest absolute Gasteiger partial charge is 0.337 e. The molecule has 4 heteroatoms. The fourth-order valence-electron chi connectivity index (χ4n) is 1.83. The molecular weight excluding hydrogens is 230 g/mol. The maximum Gasteiger partial charge on any atom is 0.337 e. The van der Waals surface area contributed by atoms with E-state index in [1.54, 1.807) is 19.4 Å². The first-order valence-electron chi connectivity index (χ1n) is 5.46. The lowest BCUT2D eigenvalue weighted by Crippen LogP contribution is -2.01. The second kappa shape index (κ2) is 4.87. The maximum absolute atomic E-state index is 11.2. The van der Waals surface area contributed by atoms with Gasteiger partial charge in [0.15, 0.2) is 0 Å². The Bertz CT molecular complexity index is 593. The first kappa shape index (κ1) is 12.1. The summed E-state index contributed by atoms with van der Waals surface area (Å²) in [5.74, 6) is -0.351. The minimum absolute atomic E-state index is 0.168. The molecule has 0 aliphatic heterocycles. The second-order valence-electron chi connectivity index (χ2n) is 3.93. The molecule has 2 rings (SSSR count). The van der Waals surface area contributed by atoms with Crippen LogP contribution in [-0.4, -0.2) is 23.2 Å². The van der Waals surface area contributed by atoms with Crippen LogP contribution in [0.3, 0.4) is 0 Å². The molecule has 0 saturated heterocycles. The van der Waals surface area contributed by atoms with Crippen LogP contribution < -0.4 is 4.74 Å². The van der Waals surface area contributed by atoms with Crippen molar-refractivity contribution in [3.05, 3.63) is 47.8 Å². The quantitative estimate of drug-likeness (QED) is 0.900. The third-order valence-corrected chi connectivity index (χ3v) is 2.70. The van der Waals surface area contributed by atoms with E-state index >= 15 is 0 Å². The van der Waals surface area contributed by atoms with E-state index in [1.165, 1.54) is 6.20 Å². The SMILES string of the molecule is COc1ccc(C)cc1-c1ccncc1C(=O)O. The topological polar surface area (TPSA) is 59.4 Å². The summed E-state index contributed by atoms with van der Waals surface area (Å²) in [7, 11) is 1.57. The molecular formula is C14H13NO3. The van der Waals surface area contributed by atoms with Gasteiger partial charge in [-0.15, -0.1) is 0 Å². The average Bonchev–Trinajstić information content (AvgIpc) is 2.38. The fourth-order valence-corrected chi connectivity index (χ4v) is 1.83. The first-order chi connectivity index (χ1) is 8.63. The minimum Gasteiger partial charge on any atom is -0.496 e. The Hall–Kier alpha value is -2.36. The molecule has 0 fully saturated rings. The van der Waals surface area contributed by atoms with Gasteiger partial charge in [0.1, 0.15) is 5.75 Å². The van der Waals surface area contributed by atoms with Gasteiger partial charge >= 0.3 is 5.97 Å². The molecule has 1 aromatic heterocycles. The third kappa shape index (κ3) is 2.18. The third-order valence-electron chi connectivity index (χ3n) is 2.70. The van der Waals surface area contributed by atoms with Crippen LogP contribution in [-0.2, 0) is 0 Å². The zero-order valence-corrected chi connectivity index (χ0v) is 10.2. The number of aromatic carboxylic acids is 1. The van der Waals surface area contributed by atoms with Gasteiger partial charge in [-0.25, -0.2) is 4.79 Å². The Morgan fingerprint density at radius 2 is 2.06 bits per heavy atom. The van der Waals surface area contributed by atoms with Crippen LogP contribution in [0.25, 0.3) is 11.1 Å². The summed E-state index contributed by atoms with van der Waals surface area (Å²) in [5.41, 5.74) is 2.58. The van der Waals surface area contributed by atoms with Crippen molar-refractivity contribution < 1.29 is 14.6 Å². The predicted molar refractivity (Wildman–Crippen MR) is 67.9 cm³/mol. The number of carbonyl (C=O) groups is 1. The van der Waals surface area contributed by atoms with Crippen LogP contribution in [0.2, 0.25) is 0 Å². The summed E-state index contributed by atoms with van der Waals surface area (Å²) < 4.78 is 5.28. The van der Waals surface area contributed by atoms with E-state index in [1.807, 2.05) is 25.1 Å². The van der Waals surface area contributed by atoms with Crippen molar-refractivity contribution in [3.63, 3.8) is 0 Å². The van der Waals surface area contributed by atoms with Crippen LogP contribution >= 0.6 is 0 Å². The first-order valence-corrected chi connectivity index (χ1v) is 5.46. The van der Waals surface area contributed by atoms with Crippen molar-refractivity contribution in [2.45, 2.75) is 6.92 Å². The number of carboxylic acids is 1. The zero-order valence-electron chi connectivity index (χ0n) is 10.2. The molecule has 1 N–H and O–H groups in total. The molecule has 1 heterocycles. The van der Waals surface area contributed by atoms with Gasteiger partial charge < -0.3 is 9.84 Å². The molecule has 4 nitrogen and oxygen atoms in total. The Balaban J connectivity index is 2.68. The van der Waals surface area contributed by atoms with Crippen molar-refractivity contribution >= 4 is 5.97 Å². The molecule has 0 bridgehead atoms. The number of hydrogen-bond acceptors (Lipinski definition) is 3. The van der Waals surface area contributed by atoms with E-state index in [9.17, 15) is 9.90 Å². The molecule has 0 radical (unpaired) electrons. The van der Waals surface area contributed by atoms with Crippen molar-refractivity contribution in [2.24, 2.45) is 0 Å². The monoisotopic (exact) mass is 243 g/mol. The summed E-state index contributed by atoms with van der Waals surface area (Å²) in [5, 5.41) is 9.18. The van der Waals surface area contributed by atoms with Crippen molar-refractivity contribution in [2.75, 3.05) is 7.11 Å². The molecule has 0 amide bonds.